The molecule has 2 atom stereocenters. The van der Waals surface area contributed by atoms with Gasteiger partial charge in [0.05, 0.1) is 16.3 Å². The maximum atomic E-state index is 12.3. The van der Waals surface area contributed by atoms with Crippen molar-refractivity contribution in [1.82, 2.24) is 4.90 Å². The van der Waals surface area contributed by atoms with E-state index in [2.05, 4.69) is 19.2 Å². The van der Waals surface area contributed by atoms with E-state index in [-0.39, 0.29) is 16.6 Å². The zero-order valence-corrected chi connectivity index (χ0v) is 12.9. The van der Waals surface area contributed by atoms with Crippen molar-refractivity contribution in [1.29, 1.82) is 0 Å². The molecule has 1 fully saturated rings. The number of hydrogen-bond donors (Lipinski definition) is 2. The van der Waals surface area contributed by atoms with E-state index in [0.717, 1.165) is 19.5 Å². The van der Waals surface area contributed by atoms with Crippen LogP contribution < -0.4 is 5.32 Å². The Morgan fingerprint density at radius 3 is 2.43 bits per heavy atom. The molecule has 0 spiro atoms. The number of piperidine rings is 1. The van der Waals surface area contributed by atoms with Crippen LogP contribution in [-0.4, -0.2) is 35.1 Å². The lowest BCUT2D eigenvalue weighted by atomic mass is 9.92. The molecule has 0 aromatic heterocycles. The number of benzene rings is 1. The minimum atomic E-state index is -1.05. The van der Waals surface area contributed by atoms with Crippen LogP contribution in [0.1, 0.15) is 30.6 Å². The largest absolute Gasteiger partial charge is 0.478 e. The Balaban J connectivity index is 2.07. The highest BCUT2D eigenvalue weighted by Gasteiger charge is 2.25. The van der Waals surface area contributed by atoms with Crippen molar-refractivity contribution in [3.8, 4) is 0 Å². The molecule has 0 aliphatic carbocycles. The number of carbonyl (C=O) groups is 2. The van der Waals surface area contributed by atoms with Gasteiger partial charge in [0.1, 0.15) is 0 Å². The van der Waals surface area contributed by atoms with Gasteiger partial charge in [-0.2, -0.15) is 0 Å². The topological polar surface area (TPSA) is 69.6 Å². The quantitative estimate of drug-likeness (QED) is 0.877. The van der Waals surface area contributed by atoms with E-state index in [9.17, 15) is 9.59 Å². The molecule has 2 rings (SSSR count). The van der Waals surface area contributed by atoms with Gasteiger partial charge < -0.3 is 15.3 Å². The van der Waals surface area contributed by atoms with Crippen molar-refractivity contribution in [2.45, 2.75) is 20.3 Å². The maximum Gasteiger partial charge on any atom is 0.335 e. The van der Waals surface area contributed by atoms with Crippen LogP contribution >= 0.6 is 11.6 Å². The molecule has 0 radical (unpaired) electrons. The van der Waals surface area contributed by atoms with Gasteiger partial charge in [-0.1, -0.05) is 25.4 Å². The molecular formula is C15H19ClN2O3. The second-order valence-electron chi connectivity index (χ2n) is 5.78. The lowest BCUT2D eigenvalue weighted by Gasteiger charge is -2.35. The summed E-state index contributed by atoms with van der Waals surface area (Å²) in [7, 11) is 0. The van der Waals surface area contributed by atoms with Gasteiger partial charge in [-0.05, 0) is 36.5 Å². The van der Waals surface area contributed by atoms with E-state index in [0.29, 0.717) is 17.5 Å². The molecular weight excluding hydrogens is 292 g/mol. The van der Waals surface area contributed by atoms with Crippen LogP contribution in [0, 0.1) is 11.8 Å². The smallest absolute Gasteiger partial charge is 0.335 e. The first-order valence-corrected chi connectivity index (χ1v) is 7.33. The molecule has 1 heterocycles. The van der Waals surface area contributed by atoms with Gasteiger partial charge in [0.15, 0.2) is 0 Å². The lowest BCUT2D eigenvalue weighted by Crippen LogP contribution is -2.44. The first kappa shape index (κ1) is 15.6. The molecule has 1 saturated heterocycles. The summed E-state index contributed by atoms with van der Waals surface area (Å²) in [5, 5.41) is 11.9. The summed E-state index contributed by atoms with van der Waals surface area (Å²) in [5.74, 6) is -0.0952. The number of nitrogens with zero attached hydrogens (tertiary/aromatic N) is 1. The van der Waals surface area contributed by atoms with Crippen molar-refractivity contribution >= 4 is 29.3 Å². The van der Waals surface area contributed by atoms with Gasteiger partial charge in [-0.15, -0.1) is 0 Å². The first-order valence-electron chi connectivity index (χ1n) is 6.95. The van der Waals surface area contributed by atoms with Crippen LogP contribution in [-0.2, 0) is 0 Å². The van der Waals surface area contributed by atoms with Crippen LogP contribution in [0.3, 0.4) is 0 Å². The fourth-order valence-corrected chi connectivity index (χ4v) is 3.00. The predicted molar refractivity (Wildman–Crippen MR) is 81.9 cm³/mol. The van der Waals surface area contributed by atoms with Crippen molar-refractivity contribution in [3.63, 3.8) is 0 Å². The molecule has 2 N–H and O–H groups in total. The number of hydrogen-bond acceptors (Lipinski definition) is 2. The molecule has 21 heavy (non-hydrogen) atoms. The van der Waals surface area contributed by atoms with Crippen LogP contribution in [0.2, 0.25) is 5.02 Å². The van der Waals surface area contributed by atoms with Crippen LogP contribution in [0.5, 0.6) is 0 Å². The number of anilines is 1. The van der Waals surface area contributed by atoms with Crippen LogP contribution in [0.25, 0.3) is 0 Å². The summed E-state index contributed by atoms with van der Waals surface area (Å²) >= 11 is 6.02. The molecule has 2 unspecified atom stereocenters. The summed E-state index contributed by atoms with van der Waals surface area (Å²) in [4.78, 5) is 24.9. The third-order valence-electron chi connectivity index (χ3n) is 3.61. The van der Waals surface area contributed by atoms with Gasteiger partial charge in [0.2, 0.25) is 0 Å². The molecule has 1 aliphatic heterocycles. The lowest BCUT2D eigenvalue weighted by molar-refractivity contribution is 0.0697. The molecule has 6 heteroatoms. The normalized spacial score (nSPS) is 22.0. The monoisotopic (exact) mass is 310 g/mol. The maximum absolute atomic E-state index is 12.3. The van der Waals surface area contributed by atoms with Gasteiger partial charge in [0.25, 0.3) is 0 Å². The summed E-state index contributed by atoms with van der Waals surface area (Å²) in [5.41, 5.74) is 0.524. The molecule has 114 valence electrons. The average Bonchev–Trinajstić information content (AvgIpc) is 2.39. The summed E-state index contributed by atoms with van der Waals surface area (Å²) in [6.45, 7) is 5.71. The number of carboxylic acids is 1. The number of carbonyl (C=O) groups excluding carboxylic acids is 1. The number of urea groups is 1. The summed E-state index contributed by atoms with van der Waals surface area (Å²) in [6, 6.07) is 4.07. The summed E-state index contributed by atoms with van der Waals surface area (Å²) < 4.78 is 0. The number of likely N-dealkylation sites (tertiary alicyclic amines) is 1. The van der Waals surface area contributed by atoms with E-state index < -0.39 is 5.97 Å². The van der Waals surface area contributed by atoms with E-state index >= 15 is 0 Å². The van der Waals surface area contributed by atoms with Crippen LogP contribution in [0.4, 0.5) is 10.5 Å². The number of aromatic carboxylic acids is 1. The van der Waals surface area contributed by atoms with Crippen molar-refractivity contribution in [3.05, 3.63) is 28.8 Å². The Labute approximate surface area is 128 Å². The van der Waals surface area contributed by atoms with Crippen molar-refractivity contribution in [2.75, 3.05) is 18.4 Å². The highest BCUT2D eigenvalue weighted by atomic mass is 35.5. The van der Waals surface area contributed by atoms with Gasteiger partial charge in [-0.25, -0.2) is 9.59 Å². The second-order valence-corrected chi connectivity index (χ2v) is 6.19. The van der Waals surface area contributed by atoms with Crippen molar-refractivity contribution < 1.29 is 14.7 Å². The molecule has 1 aliphatic rings. The standard InChI is InChI=1S/C15H19ClN2O3/c1-9-5-10(2)8-18(7-9)15(21)17-13-4-3-11(14(19)20)6-12(13)16/h3-4,6,9-10H,5,7-8H2,1-2H3,(H,17,21)(H,19,20). The minimum Gasteiger partial charge on any atom is -0.478 e. The number of rotatable bonds is 2. The third-order valence-corrected chi connectivity index (χ3v) is 3.93. The highest BCUT2D eigenvalue weighted by molar-refractivity contribution is 6.34. The fourth-order valence-electron chi connectivity index (χ4n) is 2.77. The van der Waals surface area contributed by atoms with Gasteiger partial charge in [-0.3, -0.25) is 0 Å². The predicted octanol–water partition coefficient (Wildman–Crippen LogP) is 3.55. The Morgan fingerprint density at radius 2 is 1.90 bits per heavy atom. The first-order chi connectivity index (χ1) is 9.86. The highest BCUT2D eigenvalue weighted by Crippen LogP contribution is 2.25. The second kappa shape index (κ2) is 6.35. The van der Waals surface area contributed by atoms with E-state index in [4.69, 9.17) is 16.7 Å². The zero-order valence-electron chi connectivity index (χ0n) is 12.1. The van der Waals surface area contributed by atoms with Gasteiger partial charge in [0, 0.05) is 13.1 Å². The minimum absolute atomic E-state index is 0.0956. The van der Waals surface area contributed by atoms with E-state index in [1.807, 2.05) is 0 Å². The zero-order chi connectivity index (χ0) is 15.6. The Morgan fingerprint density at radius 1 is 1.29 bits per heavy atom. The Bertz CT molecular complexity index is 552. The van der Waals surface area contributed by atoms with Crippen molar-refractivity contribution in [2.24, 2.45) is 11.8 Å². The molecule has 2 amide bonds. The SMILES string of the molecule is CC1CC(C)CN(C(=O)Nc2ccc(C(=O)O)cc2Cl)C1. The molecule has 1 aromatic carbocycles. The summed E-state index contributed by atoms with van der Waals surface area (Å²) in [6.07, 6.45) is 1.12. The third kappa shape index (κ3) is 3.88. The Kier molecular flexibility index (Phi) is 4.73. The average molecular weight is 311 g/mol. The number of amides is 2. The number of halogens is 1. The molecule has 0 saturated carbocycles. The fraction of sp³-hybridized carbons (Fsp3) is 0.467. The molecule has 0 bridgehead atoms. The van der Waals surface area contributed by atoms with E-state index in [1.165, 1.54) is 18.2 Å². The van der Waals surface area contributed by atoms with Crippen LogP contribution in [0.15, 0.2) is 18.2 Å². The van der Waals surface area contributed by atoms with Gasteiger partial charge >= 0.3 is 12.0 Å². The molecule has 5 nitrogen and oxygen atoms in total. The number of nitrogens with one attached hydrogen (secondary N) is 1. The van der Waals surface area contributed by atoms with E-state index in [1.54, 1.807) is 4.90 Å². The molecule has 1 aromatic rings. The number of carboxylic acid groups (broad SMARTS) is 1. The Hall–Kier alpha value is -1.75.